The minimum atomic E-state index is -4.31. The first-order valence-electron chi connectivity index (χ1n) is 8.49. The van der Waals surface area contributed by atoms with Crippen LogP contribution in [0, 0.1) is 13.8 Å². The molecule has 0 aliphatic rings. The molecule has 0 unspecified atom stereocenters. The van der Waals surface area contributed by atoms with Crippen LogP contribution in [0.3, 0.4) is 0 Å². The number of rotatable bonds is 7. The van der Waals surface area contributed by atoms with Gasteiger partial charge in [0.25, 0.3) is 0 Å². The number of nitrogens with one attached hydrogen (secondary N) is 2. The summed E-state index contributed by atoms with van der Waals surface area (Å²) in [5.74, 6) is 2.39. The lowest BCUT2D eigenvalue weighted by atomic mass is 10.1. The van der Waals surface area contributed by atoms with Crippen LogP contribution in [0.2, 0.25) is 0 Å². The quantitative estimate of drug-likeness (QED) is 0.328. The van der Waals surface area contributed by atoms with E-state index in [2.05, 4.69) is 20.4 Å². The number of hydrogen-bond donors (Lipinski definition) is 2. The predicted octanol–water partition coefficient (Wildman–Crippen LogP) is 4.46. The van der Waals surface area contributed by atoms with Crippen LogP contribution in [-0.4, -0.2) is 25.8 Å². The molecule has 1 aromatic carbocycles. The third-order valence-corrected chi connectivity index (χ3v) is 3.83. The third-order valence-electron chi connectivity index (χ3n) is 3.83. The summed E-state index contributed by atoms with van der Waals surface area (Å²) in [7, 11) is 1.68. The molecule has 0 bridgehead atoms. The maximum absolute atomic E-state index is 12.1. The molecule has 0 radical (unpaired) electrons. The lowest BCUT2D eigenvalue weighted by Gasteiger charge is -2.12. The topological polar surface area (TPSA) is 58.8 Å². The van der Waals surface area contributed by atoms with Crippen LogP contribution in [0.4, 0.5) is 13.2 Å². The summed E-state index contributed by atoms with van der Waals surface area (Å²) in [6, 6.07) is 9.17. The zero-order chi connectivity index (χ0) is 19.9. The lowest BCUT2D eigenvalue weighted by molar-refractivity contribution is -0.176. The van der Waals surface area contributed by atoms with Gasteiger partial charge in [-0.05, 0) is 31.0 Å². The molecular formula is C19H25F3IN3O2. The molecule has 2 aromatic rings. The zero-order valence-electron chi connectivity index (χ0n) is 16.0. The van der Waals surface area contributed by atoms with Gasteiger partial charge in [-0.2, -0.15) is 13.2 Å². The Labute approximate surface area is 179 Å². The van der Waals surface area contributed by atoms with Crippen molar-refractivity contribution in [1.29, 1.82) is 0 Å². The fourth-order valence-electron chi connectivity index (χ4n) is 2.48. The Morgan fingerprint density at radius 3 is 2.21 bits per heavy atom. The van der Waals surface area contributed by atoms with Crippen LogP contribution in [-0.2, 0) is 24.4 Å². The summed E-state index contributed by atoms with van der Waals surface area (Å²) >= 11 is 0. The van der Waals surface area contributed by atoms with E-state index in [1.54, 1.807) is 19.2 Å². The van der Waals surface area contributed by atoms with Gasteiger partial charge < -0.3 is 19.8 Å². The molecule has 1 heterocycles. The normalized spacial score (nSPS) is 11.9. The fraction of sp³-hybridized carbons (Fsp3) is 0.421. The molecule has 0 aliphatic heterocycles. The van der Waals surface area contributed by atoms with Gasteiger partial charge in [-0.25, -0.2) is 0 Å². The highest BCUT2D eigenvalue weighted by Gasteiger charge is 2.27. The van der Waals surface area contributed by atoms with Crippen LogP contribution >= 0.6 is 24.0 Å². The first-order valence-corrected chi connectivity index (χ1v) is 8.49. The second kappa shape index (κ2) is 11.3. The molecule has 0 spiro atoms. The van der Waals surface area contributed by atoms with E-state index in [9.17, 15) is 13.2 Å². The van der Waals surface area contributed by atoms with Gasteiger partial charge in [0.1, 0.15) is 18.1 Å². The number of nitrogens with zero attached hydrogens (tertiary/aromatic N) is 1. The van der Waals surface area contributed by atoms with E-state index < -0.39 is 12.8 Å². The molecule has 0 saturated carbocycles. The standard InChI is InChI=1S/C19H24F3N3O2.HI/c1-13-8-17(14(2)27-13)10-25-18(23-3)24-9-15-4-6-16(7-5-15)11-26-12-19(20,21)22;/h4-8H,9-12H2,1-3H3,(H2,23,24,25);1H. The maximum Gasteiger partial charge on any atom is 0.411 e. The monoisotopic (exact) mass is 511 g/mol. The van der Waals surface area contributed by atoms with Crippen molar-refractivity contribution in [3.05, 3.63) is 58.5 Å². The van der Waals surface area contributed by atoms with Crippen molar-refractivity contribution in [1.82, 2.24) is 10.6 Å². The number of guanidine groups is 1. The molecule has 2 N–H and O–H groups in total. The van der Waals surface area contributed by atoms with Gasteiger partial charge in [-0.3, -0.25) is 4.99 Å². The summed E-state index contributed by atoms with van der Waals surface area (Å²) in [4.78, 5) is 4.17. The number of halogens is 4. The highest BCUT2D eigenvalue weighted by Crippen LogP contribution is 2.16. The maximum atomic E-state index is 12.1. The highest BCUT2D eigenvalue weighted by molar-refractivity contribution is 14.0. The number of furan rings is 1. The molecule has 9 heteroatoms. The van der Waals surface area contributed by atoms with Gasteiger partial charge >= 0.3 is 6.18 Å². The molecule has 0 aliphatic carbocycles. The molecule has 0 saturated heterocycles. The van der Waals surface area contributed by atoms with Gasteiger partial charge in [0, 0.05) is 25.7 Å². The van der Waals surface area contributed by atoms with Crippen molar-refractivity contribution in [2.24, 2.45) is 4.99 Å². The van der Waals surface area contributed by atoms with E-state index in [-0.39, 0.29) is 30.6 Å². The second-order valence-electron chi connectivity index (χ2n) is 6.14. The summed E-state index contributed by atoms with van der Waals surface area (Å²) < 4.78 is 46.4. The van der Waals surface area contributed by atoms with E-state index in [1.807, 2.05) is 32.0 Å². The van der Waals surface area contributed by atoms with Gasteiger partial charge in [0.2, 0.25) is 0 Å². The largest absolute Gasteiger partial charge is 0.466 e. The third kappa shape index (κ3) is 8.51. The average molecular weight is 511 g/mol. The van der Waals surface area contributed by atoms with Crippen molar-refractivity contribution in [2.45, 2.75) is 39.7 Å². The molecule has 28 heavy (non-hydrogen) atoms. The van der Waals surface area contributed by atoms with Crippen molar-refractivity contribution < 1.29 is 22.3 Å². The van der Waals surface area contributed by atoms with Gasteiger partial charge in [0.15, 0.2) is 5.96 Å². The van der Waals surface area contributed by atoms with Crippen molar-refractivity contribution >= 4 is 29.9 Å². The molecular weight excluding hydrogens is 486 g/mol. The van der Waals surface area contributed by atoms with E-state index in [0.717, 1.165) is 22.6 Å². The second-order valence-corrected chi connectivity index (χ2v) is 6.14. The summed E-state index contributed by atoms with van der Waals surface area (Å²) in [5, 5.41) is 6.41. The molecule has 0 fully saturated rings. The summed E-state index contributed by atoms with van der Waals surface area (Å²) in [6.07, 6.45) is -4.31. The number of hydrogen-bond acceptors (Lipinski definition) is 3. The SMILES string of the molecule is CN=C(NCc1ccc(COCC(F)(F)F)cc1)NCc1cc(C)oc1C.I. The Hall–Kier alpha value is -1.75. The van der Waals surface area contributed by atoms with E-state index in [4.69, 9.17) is 4.42 Å². The molecule has 0 atom stereocenters. The Kier molecular flexibility index (Phi) is 9.80. The molecule has 0 amide bonds. The minimum Gasteiger partial charge on any atom is -0.466 e. The lowest BCUT2D eigenvalue weighted by Crippen LogP contribution is -2.36. The minimum absolute atomic E-state index is 0. The van der Waals surface area contributed by atoms with Crippen LogP contribution in [0.1, 0.15) is 28.2 Å². The number of aryl methyl sites for hydroxylation is 2. The van der Waals surface area contributed by atoms with Crippen molar-refractivity contribution in [2.75, 3.05) is 13.7 Å². The van der Waals surface area contributed by atoms with Crippen molar-refractivity contribution in [3.8, 4) is 0 Å². The average Bonchev–Trinajstić information content (AvgIpc) is 2.92. The Morgan fingerprint density at radius 2 is 1.68 bits per heavy atom. The van der Waals surface area contributed by atoms with E-state index in [1.165, 1.54) is 0 Å². The van der Waals surface area contributed by atoms with Gasteiger partial charge in [-0.15, -0.1) is 24.0 Å². The Bertz CT molecular complexity index is 759. The fourth-order valence-corrected chi connectivity index (χ4v) is 2.48. The Balaban J connectivity index is 0.00000392. The molecule has 1 aromatic heterocycles. The van der Waals surface area contributed by atoms with Gasteiger partial charge in [0.05, 0.1) is 6.61 Å². The first kappa shape index (κ1) is 24.3. The molecule has 2 rings (SSSR count). The van der Waals surface area contributed by atoms with Gasteiger partial charge in [-0.1, -0.05) is 24.3 Å². The number of ether oxygens (including phenoxy) is 1. The van der Waals surface area contributed by atoms with Crippen LogP contribution < -0.4 is 10.6 Å². The first-order chi connectivity index (χ1) is 12.8. The van der Waals surface area contributed by atoms with Crippen molar-refractivity contribution in [3.63, 3.8) is 0 Å². The van der Waals surface area contributed by atoms with Crippen LogP contribution in [0.15, 0.2) is 39.7 Å². The highest BCUT2D eigenvalue weighted by atomic mass is 127. The van der Waals surface area contributed by atoms with Crippen LogP contribution in [0.5, 0.6) is 0 Å². The Morgan fingerprint density at radius 1 is 1.07 bits per heavy atom. The summed E-state index contributed by atoms with van der Waals surface area (Å²) in [5.41, 5.74) is 2.74. The van der Waals surface area contributed by atoms with Crippen LogP contribution in [0.25, 0.3) is 0 Å². The van der Waals surface area contributed by atoms with E-state index >= 15 is 0 Å². The predicted molar refractivity (Wildman–Crippen MR) is 113 cm³/mol. The number of benzene rings is 1. The molecule has 156 valence electrons. The number of alkyl halides is 3. The zero-order valence-corrected chi connectivity index (χ0v) is 18.4. The van der Waals surface area contributed by atoms with E-state index in [0.29, 0.717) is 24.6 Å². The smallest absolute Gasteiger partial charge is 0.411 e. The number of aliphatic imine (C=N–C) groups is 1. The summed E-state index contributed by atoms with van der Waals surface area (Å²) in [6.45, 7) is 3.64. The molecule has 5 nitrogen and oxygen atoms in total.